The highest BCUT2D eigenvalue weighted by Crippen LogP contribution is 2.30. The first-order valence-corrected chi connectivity index (χ1v) is 10.5. The molecular weight excluding hydrogens is 471 g/mol. The maximum atomic E-state index is 12.7. The maximum absolute atomic E-state index is 12.7. The number of benzene rings is 1. The Morgan fingerprint density at radius 3 is 2.42 bits per heavy atom. The van der Waals surface area contributed by atoms with Gasteiger partial charge in [-0.15, -0.1) is 0 Å². The van der Waals surface area contributed by atoms with Crippen molar-refractivity contribution in [3.05, 3.63) is 82.2 Å². The van der Waals surface area contributed by atoms with E-state index in [1.54, 1.807) is 6.07 Å². The second-order valence-electron chi connectivity index (χ2n) is 7.19. The van der Waals surface area contributed by atoms with Gasteiger partial charge in [0.1, 0.15) is 10.4 Å². The Bertz CT molecular complexity index is 1060. The second kappa shape index (κ2) is 9.09. The molecule has 0 aliphatic carbocycles. The first kappa shape index (κ1) is 21.4. The van der Waals surface area contributed by atoms with E-state index < -0.39 is 11.7 Å². The molecule has 1 aliphatic heterocycles. The monoisotopic (exact) mass is 489 g/mol. The molecule has 1 fully saturated rings. The van der Waals surface area contributed by atoms with E-state index in [-0.39, 0.29) is 5.88 Å². The molecule has 2 aromatic heterocycles. The van der Waals surface area contributed by atoms with Crippen LogP contribution in [0.2, 0.25) is 0 Å². The molecule has 0 unspecified atom stereocenters. The Balaban J connectivity index is 1.39. The Morgan fingerprint density at radius 2 is 1.77 bits per heavy atom. The average Bonchev–Trinajstić information content (AvgIpc) is 2.75. The zero-order chi connectivity index (χ0) is 21.8. The van der Waals surface area contributed by atoms with Crippen molar-refractivity contribution in [1.29, 1.82) is 0 Å². The van der Waals surface area contributed by atoms with Gasteiger partial charge in [0, 0.05) is 25.4 Å². The minimum absolute atomic E-state index is 0.120. The van der Waals surface area contributed by atoms with Gasteiger partial charge in [0.2, 0.25) is 5.88 Å². The number of hydrogen-bond donors (Lipinski definition) is 0. The van der Waals surface area contributed by atoms with E-state index in [9.17, 15) is 13.2 Å². The number of nitrogens with zero attached hydrogens (tertiary/aromatic N) is 3. The third-order valence-electron chi connectivity index (χ3n) is 5.00. The summed E-state index contributed by atoms with van der Waals surface area (Å²) in [6.07, 6.45) is 2.26. The van der Waals surface area contributed by atoms with Gasteiger partial charge in [0.25, 0.3) is 0 Å². The molecule has 1 saturated heterocycles. The van der Waals surface area contributed by atoms with E-state index in [0.717, 1.165) is 54.0 Å². The minimum atomic E-state index is -4.42. The SMILES string of the molecule is FC(F)(F)c1ccc(Oc2cccc(C=C3CCN(c4ccc(Br)nc4)CC3)c2)nc1. The van der Waals surface area contributed by atoms with E-state index in [1.165, 1.54) is 11.6 Å². The number of rotatable bonds is 4. The van der Waals surface area contributed by atoms with Crippen LogP contribution in [0.3, 0.4) is 0 Å². The molecule has 0 saturated carbocycles. The summed E-state index contributed by atoms with van der Waals surface area (Å²) in [6.45, 7) is 1.83. The summed E-state index contributed by atoms with van der Waals surface area (Å²) < 4.78 is 44.4. The van der Waals surface area contributed by atoms with Crippen LogP contribution in [0.5, 0.6) is 11.6 Å². The van der Waals surface area contributed by atoms with E-state index in [1.807, 2.05) is 30.5 Å². The van der Waals surface area contributed by atoms with Gasteiger partial charge in [0.05, 0.1) is 17.4 Å². The zero-order valence-electron chi connectivity index (χ0n) is 16.4. The van der Waals surface area contributed by atoms with E-state index >= 15 is 0 Å². The molecule has 0 bridgehead atoms. The van der Waals surface area contributed by atoms with Crippen molar-refractivity contribution in [2.75, 3.05) is 18.0 Å². The third-order valence-corrected chi connectivity index (χ3v) is 5.47. The number of ether oxygens (including phenoxy) is 1. The molecule has 0 amide bonds. The lowest BCUT2D eigenvalue weighted by molar-refractivity contribution is -0.137. The van der Waals surface area contributed by atoms with Crippen LogP contribution in [0, 0.1) is 0 Å². The quantitative estimate of drug-likeness (QED) is 0.380. The number of piperidine rings is 1. The van der Waals surface area contributed by atoms with Gasteiger partial charge in [-0.3, -0.25) is 0 Å². The third kappa shape index (κ3) is 5.64. The normalized spacial score (nSPS) is 14.5. The van der Waals surface area contributed by atoms with Gasteiger partial charge >= 0.3 is 6.18 Å². The summed E-state index contributed by atoms with van der Waals surface area (Å²) in [4.78, 5) is 10.4. The summed E-state index contributed by atoms with van der Waals surface area (Å²) in [5.41, 5.74) is 2.63. The van der Waals surface area contributed by atoms with Gasteiger partial charge in [-0.2, -0.15) is 13.2 Å². The van der Waals surface area contributed by atoms with E-state index in [4.69, 9.17) is 4.74 Å². The topological polar surface area (TPSA) is 38.2 Å². The average molecular weight is 490 g/mol. The fourth-order valence-corrected chi connectivity index (χ4v) is 3.62. The molecule has 0 atom stereocenters. The van der Waals surface area contributed by atoms with Crippen LogP contribution in [0.1, 0.15) is 24.0 Å². The lowest BCUT2D eigenvalue weighted by Crippen LogP contribution is -2.30. The molecule has 8 heteroatoms. The Labute approximate surface area is 186 Å². The van der Waals surface area contributed by atoms with Crippen molar-refractivity contribution in [2.45, 2.75) is 19.0 Å². The van der Waals surface area contributed by atoms with Crippen LogP contribution < -0.4 is 9.64 Å². The number of hydrogen-bond acceptors (Lipinski definition) is 4. The molecule has 3 heterocycles. The number of alkyl halides is 3. The largest absolute Gasteiger partial charge is 0.439 e. The number of pyridine rings is 2. The first-order chi connectivity index (χ1) is 14.9. The van der Waals surface area contributed by atoms with Gasteiger partial charge in [0.15, 0.2) is 0 Å². The van der Waals surface area contributed by atoms with Crippen LogP contribution in [-0.4, -0.2) is 23.1 Å². The summed E-state index contributed by atoms with van der Waals surface area (Å²) in [5, 5.41) is 0. The predicted molar refractivity (Wildman–Crippen MR) is 117 cm³/mol. The smallest absolute Gasteiger partial charge is 0.417 e. The van der Waals surface area contributed by atoms with Crippen LogP contribution >= 0.6 is 15.9 Å². The van der Waals surface area contributed by atoms with Gasteiger partial charge in [-0.25, -0.2) is 9.97 Å². The summed E-state index contributed by atoms with van der Waals surface area (Å²) in [6, 6.07) is 13.6. The molecule has 0 radical (unpaired) electrons. The molecule has 31 heavy (non-hydrogen) atoms. The molecule has 3 aromatic rings. The molecule has 1 aliphatic rings. The van der Waals surface area contributed by atoms with E-state index in [0.29, 0.717) is 5.75 Å². The van der Waals surface area contributed by atoms with Crippen molar-refractivity contribution < 1.29 is 17.9 Å². The van der Waals surface area contributed by atoms with Crippen molar-refractivity contribution in [3.8, 4) is 11.6 Å². The van der Waals surface area contributed by atoms with Crippen LogP contribution in [-0.2, 0) is 6.18 Å². The van der Waals surface area contributed by atoms with Crippen molar-refractivity contribution in [3.63, 3.8) is 0 Å². The number of anilines is 1. The molecule has 4 nitrogen and oxygen atoms in total. The highest BCUT2D eigenvalue weighted by Gasteiger charge is 2.30. The summed E-state index contributed by atoms with van der Waals surface area (Å²) in [5.74, 6) is 0.647. The number of halogens is 4. The lowest BCUT2D eigenvalue weighted by atomic mass is 10.0. The molecule has 4 rings (SSSR count). The zero-order valence-corrected chi connectivity index (χ0v) is 18.0. The molecule has 0 N–H and O–H groups in total. The van der Waals surface area contributed by atoms with Crippen LogP contribution in [0.25, 0.3) is 6.08 Å². The fraction of sp³-hybridized carbons (Fsp3) is 0.217. The van der Waals surface area contributed by atoms with Crippen LogP contribution in [0.4, 0.5) is 18.9 Å². The second-order valence-corrected chi connectivity index (χ2v) is 8.00. The summed E-state index contributed by atoms with van der Waals surface area (Å²) >= 11 is 3.36. The van der Waals surface area contributed by atoms with E-state index in [2.05, 4.69) is 42.9 Å². The fourth-order valence-electron chi connectivity index (χ4n) is 3.38. The van der Waals surface area contributed by atoms with Crippen molar-refractivity contribution >= 4 is 27.7 Å². The maximum Gasteiger partial charge on any atom is 0.417 e. The molecule has 0 spiro atoms. The first-order valence-electron chi connectivity index (χ1n) is 9.74. The lowest BCUT2D eigenvalue weighted by Gasteiger charge is -2.30. The predicted octanol–water partition coefficient (Wildman–Crippen LogP) is 6.73. The number of aromatic nitrogens is 2. The minimum Gasteiger partial charge on any atom is -0.439 e. The highest BCUT2D eigenvalue weighted by atomic mass is 79.9. The van der Waals surface area contributed by atoms with Crippen LogP contribution in [0.15, 0.2) is 71.1 Å². The van der Waals surface area contributed by atoms with Gasteiger partial charge in [-0.05, 0) is 64.7 Å². The Kier molecular flexibility index (Phi) is 6.27. The van der Waals surface area contributed by atoms with Gasteiger partial charge < -0.3 is 9.64 Å². The molecule has 160 valence electrons. The highest BCUT2D eigenvalue weighted by molar-refractivity contribution is 9.10. The molecular formula is C23H19BrF3N3O. The van der Waals surface area contributed by atoms with Crippen molar-refractivity contribution in [1.82, 2.24) is 9.97 Å². The standard InChI is InChI=1S/C23H19BrF3N3O/c24-21-6-5-19(15-28-21)30-10-8-16(9-11-30)12-17-2-1-3-20(13-17)31-22-7-4-18(14-29-22)23(25,26)27/h1-7,12-15H,8-11H2. The van der Waals surface area contributed by atoms with Gasteiger partial charge in [-0.1, -0.05) is 23.8 Å². The Morgan fingerprint density at radius 1 is 0.968 bits per heavy atom. The molecule has 1 aromatic carbocycles. The summed E-state index contributed by atoms with van der Waals surface area (Å²) in [7, 11) is 0. The van der Waals surface area contributed by atoms with Crippen molar-refractivity contribution in [2.24, 2.45) is 0 Å². The Hall–Kier alpha value is -2.87.